The van der Waals surface area contributed by atoms with E-state index in [1.807, 2.05) is 103 Å². The van der Waals surface area contributed by atoms with E-state index in [0.717, 1.165) is 72.0 Å². The summed E-state index contributed by atoms with van der Waals surface area (Å²) in [7, 11) is 0. The van der Waals surface area contributed by atoms with Crippen molar-refractivity contribution in [1.29, 1.82) is 15.8 Å². The number of rotatable bonds is 2. The Labute approximate surface area is 379 Å². The Kier molecular flexibility index (Phi) is 7.12. The molecule has 66 heavy (non-hydrogen) atoms. The number of anilines is 3. The Hall–Kier alpha value is -9.19. The fraction of sp³-hybridized carbons (Fsp3) is 0.0339. The lowest BCUT2D eigenvalue weighted by molar-refractivity contribution is -0.0486. The minimum absolute atomic E-state index is 0.0116. The van der Waals surface area contributed by atoms with Crippen molar-refractivity contribution in [2.45, 2.75) is 11.2 Å². The molecule has 9 aromatic carbocycles. The van der Waals surface area contributed by atoms with Gasteiger partial charge in [-0.2, -0.15) is 15.8 Å². The SMILES string of the molecule is N#Cc1c(C#N)c(N2c3ccccc3Oc3c2ccc2c3c3ccccc3n2-c2ccccc2)c2c(c1C#N)C1(OC23c2ccccc2-c2ccccc23)c2ccccc2-c2ccccc21. The molecule has 0 N–H and O–H groups in total. The van der Waals surface area contributed by atoms with E-state index in [2.05, 4.69) is 113 Å². The quantitative estimate of drug-likeness (QED) is 0.172. The average Bonchev–Trinajstić information content (AvgIpc) is 4.07. The second-order valence-corrected chi connectivity index (χ2v) is 17.1. The molecule has 2 aliphatic carbocycles. The van der Waals surface area contributed by atoms with E-state index in [-0.39, 0.29) is 16.7 Å². The maximum absolute atomic E-state index is 11.7. The zero-order chi connectivity index (χ0) is 43.9. The third-order valence-electron chi connectivity index (χ3n) is 14.2. The molecule has 0 amide bonds. The average molecular weight is 842 g/mol. The van der Waals surface area contributed by atoms with Crippen molar-refractivity contribution >= 4 is 38.9 Å². The van der Waals surface area contributed by atoms with Crippen molar-refractivity contribution in [2.75, 3.05) is 4.90 Å². The molecule has 0 unspecified atom stereocenters. The molecule has 0 saturated carbocycles. The van der Waals surface area contributed by atoms with Gasteiger partial charge in [0.2, 0.25) is 0 Å². The highest BCUT2D eigenvalue weighted by Gasteiger charge is 2.65. The van der Waals surface area contributed by atoms with Gasteiger partial charge in [0.05, 0.1) is 50.2 Å². The highest BCUT2D eigenvalue weighted by atomic mass is 16.5. The van der Waals surface area contributed by atoms with E-state index in [1.165, 1.54) is 0 Å². The van der Waals surface area contributed by atoms with Gasteiger partial charge in [-0.05, 0) is 64.7 Å². The molecule has 2 aliphatic heterocycles. The maximum Gasteiger partial charge on any atom is 0.161 e. The molecule has 2 spiro atoms. The first kappa shape index (κ1) is 36.3. The fourth-order valence-electron chi connectivity index (χ4n) is 11.8. The highest BCUT2D eigenvalue weighted by Crippen LogP contribution is 2.71. The van der Waals surface area contributed by atoms with Crippen molar-refractivity contribution in [3.8, 4) is 57.6 Å². The summed E-state index contributed by atoms with van der Waals surface area (Å²) in [6.45, 7) is 0. The normalized spacial score (nSPS) is 14.6. The number of benzene rings is 9. The number of fused-ring (bicyclic) bond motifs is 19. The third-order valence-corrected chi connectivity index (χ3v) is 14.2. The van der Waals surface area contributed by atoms with Crippen molar-refractivity contribution in [1.82, 2.24) is 4.57 Å². The third kappa shape index (κ3) is 4.23. The molecular formula is C59H31N5O2. The summed E-state index contributed by atoms with van der Waals surface area (Å²) in [5, 5.41) is 36.7. The van der Waals surface area contributed by atoms with Gasteiger partial charge >= 0.3 is 0 Å². The fourth-order valence-corrected chi connectivity index (χ4v) is 11.8. The van der Waals surface area contributed by atoms with Crippen LogP contribution in [0, 0.1) is 34.0 Å². The summed E-state index contributed by atoms with van der Waals surface area (Å²) < 4.78 is 17.6. The Morgan fingerprint density at radius 2 is 0.939 bits per heavy atom. The zero-order valence-corrected chi connectivity index (χ0v) is 35.0. The van der Waals surface area contributed by atoms with Crippen molar-refractivity contribution in [3.63, 3.8) is 0 Å². The highest BCUT2D eigenvalue weighted by molar-refractivity contribution is 6.16. The van der Waals surface area contributed by atoms with Crippen LogP contribution >= 0.6 is 0 Å². The van der Waals surface area contributed by atoms with E-state index < -0.39 is 11.2 Å². The summed E-state index contributed by atoms with van der Waals surface area (Å²) in [5.74, 6) is 1.17. The lowest BCUT2D eigenvalue weighted by atomic mass is 9.73. The molecule has 0 saturated heterocycles. The predicted octanol–water partition coefficient (Wildman–Crippen LogP) is 13.5. The smallest absolute Gasteiger partial charge is 0.161 e. The Morgan fingerprint density at radius 3 is 1.55 bits per heavy atom. The van der Waals surface area contributed by atoms with Crippen LogP contribution in [0.2, 0.25) is 0 Å². The Bertz CT molecular complexity index is 3870. The lowest BCUT2D eigenvalue weighted by Crippen LogP contribution is -2.34. The number of aromatic nitrogens is 1. The molecule has 0 radical (unpaired) electrons. The number of ether oxygens (including phenoxy) is 2. The van der Waals surface area contributed by atoms with Crippen molar-refractivity contribution in [2.24, 2.45) is 0 Å². The summed E-state index contributed by atoms with van der Waals surface area (Å²) in [6, 6.07) is 71.0. The van der Waals surface area contributed by atoms with E-state index in [9.17, 15) is 15.8 Å². The standard InChI is InChI=1S/C59H31N5O2/c60-32-41-42(33-61)54-55(59(46-25-11-6-20-38(46)39-21-7-12-26-47(39)59)66-58(54)44-23-9-4-18-36(44)37-19-5-10-24-45(37)58)56(43(41)34-62)64-49-28-14-15-29-52(49)65-57-51(64)31-30-50-53(57)40-22-8-13-27-48(40)63(50)35-16-2-1-3-17-35/h1-31H. The molecule has 0 fully saturated rings. The number of hydrogen-bond acceptors (Lipinski definition) is 6. The van der Waals surface area contributed by atoms with Crippen LogP contribution in [-0.4, -0.2) is 4.57 Å². The van der Waals surface area contributed by atoms with Crippen LogP contribution in [0.4, 0.5) is 17.1 Å². The lowest BCUT2D eigenvalue weighted by Gasteiger charge is -2.38. The number of hydrogen-bond donors (Lipinski definition) is 0. The molecule has 0 atom stereocenters. The summed E-state index contributed by atoms with van der Waals surface area (Å²) in [5.41, 5.74) is 10.7. The van der Waals surface area contributed by atoms with Gasteiger partial charge in [-0.15, -0.1) is 0 Å². The molecule has 0 bridgehead atoms. The van der Waals surface area contributed by atoms with Crippen LogP contribution in [0.1, 0.15) is 50.1 Å². The maximum atomic E-state index is 11.7. The minimum Gasteiger partial charge on any atom is -0.452 e. The minimum atomic E-state index is -1.39. The monoisotopic (exact) mass is 841 g/mol. The molecule has 304 valence electrons. The number of para-hydroxylation sites is 4. The molecule has 14 rings (SSSR count). The first-order valence-electron chi connectivity index (χ1n) is 21.9. The molecular weight excluding hydrogens is 811 g/mol. The summed E-state index contributed by atoms with van der Waals surface area (Å²) in [6.07, 6.45) is 0. The van der Waals surface area contributed by atoms with Crippen molar-refractivity contribution in [3.05, 3.63) is 238 Å². The van der Waals surface area contributed by atoms with Crippen LogP contribution in [0.3, 0.4) is 0 Å². The van der Waals surface area contributed by atoms with Crippen LogP contribution in [0.5, 0.6) is 11.5 Å². The molecule has 1 aromatic heterocycles. The van der Waals surface area contributed by atoms with Gasteiger partial charge in [0.25, 0.3) is 0 Å². The topological polar surface area (TPSA) is 98.0 Å². The first-order valence-corrected chi connectivity index (χ1v) is 21.9. The van der Waals surface area contributed by atoms with E-state index >= 15 is 0 Å². The second kappa shape index (κ2) is 12.9. The molecule has 3 heterocycles. The zero-order valence-electron chi connectivity index (χ0n) is 35.0. The molecule has 10 aromatic rings. The van der Waals surface area contributed by atoms with Gasteiger partial charge in [0, 0.05) is 44.5 Å². The summed E-state index contributed by atoms with van der Waals surface area (Å²) in [4.78, 5) is 2.10. The molecule has 7 nitrogen and oxygen atoms in total. The van der Waals surface area contributed by atoms with E-state index in [0.29, 0.717) is 39.7 Å². The van der Waals surface area contributed by atoms with Crippen molar-refractivity contribution < 1.29 is 9.47 Å². The van der Waals surface area contributed by atoms with Crippen LogP contribution in [-0.2, 0) is 15.9 Å². The van der Waals surface area contributed by atoms with Crippen LogP contribution in [0.15, 0.2) is 188 Å². The Balaban J connectivity index is 1.21. The largest absolute Gasteiger partial charge is 0.452 e. The first-order chi connectivity index (χ1) is 32.6. The predicted molar refractivity (Wildman–Crippen MR) is 254 cm³/mol. The molecule has 4 aliphatic rings. The number of nitriles is 3. The van der Waals surface area contributed by atoms with Gasteiger partial charge in [0.15, 0.2) is 11.5 Å². The van der Waals surface area contributed by atoms with E-state index in [4.69, 9.17) is 9.47 Å². The van der Waals surface area contributed by atoms with Gasteiger partial charge in [-0.25, -0.2) is 0 Å². The second-order valence-electron chi connectivity index (χ2n) is 17.1. The van der Waals surface area contributed by atoms with Gasteiger partial charge in [-0.1, -0.05) is 146 Å². The van der Waals surface area contributed by atoms with Gasteiger partial charge in [-0.3, -0.25) is 0 Å². The van der Waals surface area contributed by atoms with Gasteiger partial charge in [0.1, 0.15) is 29.4 Å². The Morgan fingerprint density at radius 1 is 0.424 bits per heavy atom. The van der Waals surface area contributed by atoms with Crippen LogP contribution < -0.4 is 9.64 Å². The van der Waals surface area contributed by atoms with Crippen LogP contribution in [0.25, 0.3) is 49.7 Å². The summed E-state index contributed by atoms with van der Waals surface area (Å²) >= 11 is 0. The van der Waals surface area contributed by atoms with Gasteiger partial charge < -0.3 is 18.9 Å². The van der Waals surface area contributed by atoms with E-state index in [1.54, 1.807) is 0 Å². The molecule has 7 heteroatoms. The number of nitrogens with zero attached hydrogens (tertiary/aromatic N) is 5.